The zero-order valence-electron chi connectivity index (χ0n) is 17.5. The van der Waals surface area contributed by atoms with Crippen LogP contribution in [-0.4, -0.2) is 49.6 Å². The second-order valence-electron chi connectivity index (χ2n) is 8.09. The fraction of sp³-hybridized carbons (Fsp3) is 0.650. The molecule has 1 aliphatic carbocycles. The van der Waals surface area contributed by atoms with Crippen LogP contribution in [0.3, 0.4) is 0 Å². The molecule has 0 radical (unpaired) electrons. The number of hydrogen-bond donors (Lipinski definition) is 3. The summed E-state index contributed by atoms with van der Waals surface area (Å²) in [6, 6.07) is 0. The summed E-state index contributed by atoms with van der Waals surface area (Å²) in [7, 11) is 0. The SMILES string of the molecule is CCOC(=O)c1c(NC(=O)C[NH+](CC)CC(=O)NC(C)(C)C)sc2c1CCC2. The van der Waals surface area contributed by atoms with E-state index in [0.29, 0.717) is 23.7 Å². The third kappa shape index (κ3) is 6.04. The Morgan fingerprint density at radius 2 is 1.79 bits per heavy atom. The number of thiophene rings is 1. The van der Waals surface area contributed by atoms with Crippen LogP contribution in [0.15, 0.2) is 0 Å². The molecule has 3 N–H and O–H groups in total. The highest BCUT2D eigenvalue weighted by atomic mass is 32.1. The van der Waals surface area contributed by atoms with E-state index in [9.17, 15) is 14.4 Å². The van der Waals surface area contributed by atoms with Crippen molar-refractivity contribution < 1.29 is 24.0 Å². The lowest BCUT2D eigenvalue weighted by molar-refractivity contribution is -0.881. The Morgan fingerprint density at radius 1 is 1.11 bits per heavy atom. The molecule has 0 saturated carbocycles. The number of anilines is 1. The molecule has 0 aliphatic heterocycles. The molecule has 1 unspecified atom stereocenters. The molecule has 0 aromatic carbocycles. The van der Waals surface area contributed by atoms with Crippen molar-refractivity contribution in [2.45, 2.75) is 59.4 Å². The number of amides is 2. The van der Waals surface area contributed by atoms with Crippen LogP contribution in [0, 0.1) is 0 Å². The molecule has 0 spiro atoms. The first-order valence-corrected chi connectivity index (χ1v) is 10.7. The van der Waals surface area contributed by atoms with Crippen LogP contribution in [0.5, 0.6) is 0 Å². The van der Waals surface area contributed by atoms with Crippen LogP contribution < -0.4 is 15.5 Å². The summed E-state index contributed by atoms with van der Waals surface area (Å²) in [5, 5.41) is 6.38. The van der Waals surface area contributed by atoms with E-state index in [4.69, 9.17) is 4.74 Å². The van der Waals surface area contributed by atoms with Gasteiger partial charge in [-0.15, -0.1) is 11.3 Å². The van der Waals surface area contributed by atoms with Crippen molar-refractivity contribution in [1.29, 1.82) is 0 Å². The number of carbonyl (C=O) groups excluding carboxylic acids is 3. The molecule has 2 rings (SSSR count). The second kappa shape index (κ2) is 9.52. The maximum absolute atomic E-state index is 12.6. The quantitative estimate of drug-likeness (QED) is 0.562. The van der Waals surface area contributed by atoms with Crippen LogP contribution in [0.25, 0.3) is 0 Å². The topological polar surface area (TPSA) is 88.9 Å². The third-order valence-electron chi connectivity index (χ3n) is 4.49. The molecule has 1 aromatic rings. The Kier molecular flexibility index (Phi) is 7.60. The number of ether oxygens (including phenoxy) is 1. The first kappa shape index (κ1) is 22.4. The van der Waals surface area contributed by atoms with Crippen molar-refractivity contribution in [3.8, 4) is 0 Å². The van der Waals surface area contributed by atoms with Gasteiger partial charge >= 0.3 is 5.97 Å². The van der Waals surface area contributed by atoms with Crippen LogP contribution in [0.1, 0.15) is 61.8 Å². The molecule has 0 fully saturated rings. The lowest BCUT2D eigenvalue weighted by Crippen LogP contribution is -3.14. The predicted octanol–water partition coefficient (Wildman–Crippen LogP) is 1.17. The van der Waals surface area contributed by atoms with Crippen molar-refractivity contribution in [3.63, 3.8) is 0 Å². The summed E-state index contributed by atoms with van der Waals surface area (Å²) < 4.78 is 5.19. The maximum Gasteiger partial charge on any atom is 0.341 e. The largest absolute Gasteiger partial charge is 0.462 e. The minimum atomic E-state index is -0.374. The highest BCUT2D eigenvalue weighted by molar-refractivity contribution is 7.17. The molecule has 0 saturated heterocycles. The summed E-state index contributed by atoms with van der Waals surface area (Å²) in [6.45, 7) is 10.8. The average Bonchev–Trinajstić information content (AvgIpc) is 3.12. The lowest BCUT2D eigenvalue weighted by atomic mass is 10.1. The first-order valence-electron chi connectivity index (χ1n) is 9.90. The summed E-state index contributed by atoms with van der Waals surface area (Å²) in [5.41, 5.74) is 1.23. The number of esters is 1. The fourth-order valence-electron chi connectivity index (χ4n) is 3.31. The van der Waals surface area contributed by atoms with Crippen LogP contribution in [0.2, 0.25) is 0 Å². The van der Waals surface area contributed by atoms with E-state index < -0.39 is 0 Å². The van der Waals surface area contributed by atoms with Crippen molar-refractivity contribution in [2.24, 2.45) is 0 Å². The second-order valence-corrected chi connectivity index (χ2v) is 9.19. The molecule has 8 heteroatoms. The Balaban J connectivity index is 2.04. The van der Waals surface area contributed by atoms with Gasteiger partial charge in [0.25, 0.3) is 11.8 Å². The molecule has 1 aromatic heterocycles. The van der Waals surface area contributed by atoms with Gasteiger partial charge in [-0.2, -0.15) is 0 Å². The standard InChI is InChI=1S/C20H31N3O4S/c1-6-23(12-16(25)22-20(3,4)5)11-15(24)21-18-17(19(26)27-7-2)13-9-8-10-14(13)28-18/h6-12H2,1-5H3,(H,21,24)(H,22,25)/p+1. The number of quaternary nitrogens is 1. The van der Waals surface area contributed by atoms with E-state index in [0.717, 1.165) is 34.6 Å². The highest BCUT2D eigenvalue weighted by Crippen LogP contribution is 2.39. The minimum Gasteiger partial charge on any atom is -0.462 e. The monoisotopic (exact) mass is 410 g/mol. The van der Waals surface area contributed by atoms with Gasteiger partial charge in [0.2, 0.25) is 0 Å². The normalized spacial score (nSPS) is 14.3. The zero-order valence-corrected chi connectivity index (χ0v) is 18.3. The summed E-state index contributed by atoms with van der Waals surface area (Å²) in [6.07, 6.45) is 2.80. The number of likely N-dealkylation sites (N-methyl/N-ethyl adjacent to an activating group) is 1. The Bertz CT molecular complexity index is 737. The van der Waals surface area contributed by atoms with Crippen molar-refractivity contribution >= 4 is 34.1 Å². The number of aryl methyl sites for hydroxylation is 1. The zero-order chi connectivity index (χ0) is 20.9. The van der Waals surface area contributed by atoms with Crippen molar-refractivity contribution in [1.82, 2.24) is 5.32 Å². The van der Waals surface area contributed by atoms with Gasteiger partial charge in [-0.3, -0.25) is 9.59 Å². The van der Waals surface area contributed by atoms with Crippen molar-refractivity contribution in [2.75, 3.05) is 31.6 Å². The van der Waals surface area contributed by atoms with Gasteiger partial charge in [-0.1, -0.05) is 0 Å². The van der Waals surface area contributed by atoms with Gasteiger partial charge in [-0.25, -0.2) is 4.79 Å². The van der Waals surface area contributed by atoms with E-state index in [1.54, 1.807) is 6.92 Å². The van der Waals surface area contributed by atoms with E-state index >= 15 is 0 Å². The van der Waals surface area contributed by atoms with Gasteiger partial charge in [0.15, 0.2) is 13.1 Å². The van der Waals surface area contributed by atoms with Gasteiger partial charge in [0, 0.05) is 10.4 Å². The van der Waals surface area contributed by atoms with E-state index in [-0.39, 0.29) is 36.4 Å². The lowest BCUT2D eigenvalue weighted by Gasteiger charge is -2.23. The van der Waals surface area contributed by atoms with Crippen LogP contribution >= 0.6 is 11.3 Å². The average molecular weight is 411 g/mol. The van der Waals surface area contributed by atoms with Crippen LogP contribution in [-0.2, 0) is 27.2 Å². The van der Waals surface area contributed by atoms with E-state index in [1.165, 1.54) is 11.3 Å². The Labute approximate surface area is 170 Å². The minimum absolute atomic E-state index is 0.0838. The summed E-state index contributed by atoms with van der Waals surface area (Å²) in [5.74, 6) is -0.660. The van der Waals surface area contributed by atoms with Gasteiger partial charge in [-0.05, 0) is 59.4 Å². The molecule has 1 heterocycles. The van der Waals surface area contributed by atoms with E-state index in [2.05, 4.69) is 10.6 Å². The van der Waals surface area contributed by atoms with Gasteiger partial charge in [0.1, 0.15) is 5.00 Å². The predicted molar refractivity (Wildman–Crippen MR) is 110 cm³/mol. The fourth-order valence-corrected chi connectivity index (χ4v) is 4.61. The summed E-state index contributed by atoms with van der Waals surface area (Å²) in [4.78, 5) is 39.2. The van der Waals surface area contributed by atoms with Crippen molar-refractivity contribution in [3.05, 3.63) is 16.0 Å². The molecule has 156 valence electrons. The number of hydrogen-bond acceptors (Lipinski definition) is 5. The number of rotatable bonds is 8. The molecule has 1 aliphatic rings. The molecular formula is C20H32N3O4S+. The van der Waals surface area contributed by atoms with Gasteiger partial charge in [0.05, 0.1) is 18.7 Å². The number of fused-ring (bicyclic) bond motifs is 1. The molecular weight excluding hydrogens is 378 g/mol. The molecule has 0 bridgehead atoms. The first-order chi connectivity index (χ1) is 13.1. The highest BCUT2D eigenvalue weighted by Gasteiger charge is 2.29. The maximum atomic E-state index is 12.6. The van der Waals surface area contributed by atoms with Gasteiger partial charge < -0.3 is 20.3 Å². The summed E-state index contributed by atoms with van der Waals surface area (Å²) >= 11 is 1.47. The van der Waals surface area contributed by atoms with E-state index in [1.807, 2.05) is 27.7 Å². The molecule has 2 amide bonds. The smallest absolute Gasteiger partial charge is 0.341 e. The Morgan fingerprint density at radius 3 is 2.39 bits per heavy atom. The Hall–Kier alpha value is -1.93. The van der Waals surface area contributed by atoms with Crippen LogP contribution in [0.4, 0.5) is 5.00 Å². The number of nitrogens with one attached hydrogen (secondary N) is 3. The molecule has 7 nitrogen and oxygen atoms in total. The third-order valence-corrected chi connectivity index (χ3v) is 5.70. The number of carbonyl (C=O) groups is 3. The molecule has 28 heavy (non-hydrogen) atoms. The molecule has 1 atom stereocenters.